The van der Waals surface area contributed by atoms with Gasteiger partial charge in [-0.3, -0.25) is 0 Å². The fraction of sp³-hybridized carbons (Fsp3) is 0.667. The molecule has 1 aliphatic rings. The van der Waals surface area contributed by atoms with Crippen molar-refractivity contribution in [3.8, 4) is 5.75 Å². The molecule has 3 atom stereocenters. The number of para-hydroxylation sites is 1. The molecule has 1 heterocycles. The Morgan fingerprint density at radius 3 is 2.95 bits per heavy atom. The molecule has 1 N–H and O–H groups in total. The Labute approximate surface area is 129 Å². The van der Waals surface area contributed by atoms with Gasteiger partial charge in [0.2, 0.25) is 0 Å². The number of benzene rings is 1. The number of fused-ring (bicyclic) bond motifs is 1. The lowest BCUT2D eigenvalue weighted by molar-refractivity contribution is 0.146. The Morgan fingerprint density at radius 1 is 1.38 bits per heavy atom. The Kier molecular flexibility index (Phi) is 6.52. The van der Waals surface area contributed by atoms with Crippen LogP contribution in [0.1, 0.15) is 44.6 Å². The van der Waals surface area contributed by atoms with Crippen molar-refractivity contribution >= 4 is 0 Å². The summed E-state index contributed by atoms with van der Waals surface area (Å²) in [6, 6.07) is 9.05. The second-order valence-corrected chi connectivity index (χ2v) is 6.16. The van der Waals surface area contributed by atoms with Crippen molar-refractivity contribution in [2.24, 2.45) is 5.92 Å². The van der Waals surface area contributed by atoms with Crippen LogP contribution in [0.4, 0.5) is 0 Å². The molecule has 3 unspecified atom stereocenters. The molecule has 0 aliphatic carbocycles. The minimum atomic E-state index is 0.552. The first-order chi connectivity index (χ1) is 10.2. The van der Waals surface area contributed by atoms with E-state index < -0.39 is 0 Å². The molecule has 0 spiro atoms. The van der Waals surface area contributed by atoms with Gasteiger partial charge in [-0.15, -0.1) is 0 Å². The molecule has 118 valence electrons. The maximum Gasteiger partial charge on any atom is 0.122 e. The third-order valence-electron chi connectivity index (χ3n) is 4.28. The number of nitrogens with one attached hydrogen (secondary N) is 1. The molecule has 2 rings (SSSR count). The van der Waals surface area contributed by atoms with Crippen LogP contribution >= 0.6 is 0 Å². The second-order valence-electron chi connectivity index (χ2n) is 6.16. The predicted octanol–water partition coefficient (Wildman–Crippen LogP) is 3.59. The SMILES string of the molecule is CCNC(CC(C)COC)CC1CCOc2ccccc21. The van der Waals surface area contributed by atoms with Gasteiger partial charge < -0.3 is 14.8 Å². The van der Waals surface area contributed by atoms with Crippen LogP contribution in [0.25, 0.3) is 0 Å². The van der Waals surface area contributed by atoms with Gasteiger partial charge in [0.1, 0.15) is 5.75 Å². The third kappa shape index (κ3) is 4.72. The van der Waals surface area contributed by atoms with E-state index in [2.05, 4.69) is 43.4 Å². The quantitative estimate of drug-likeness (QED) is 0.794. The maximum absolute atomic E-state index is 5.77. The van der Waals surface area contributed by atoms with Crippen molar-refractivity contribution in [1.82, 2.24) is 5.32 Å². The van der Waals surface area contributed by atoms with Crippen molar-refractivity contribution in [2.75, 3.05) is 26.9 Å². The second kappa shape index (κ2) is 8.40. The zero-order valence-electron chi connectivity index (χ0n) is 13.6. The molecule has 0 saturated carbocycles. The van der Waals surface area contributed by atoms with Crippen molar-refractivity contribution in [3.05, 3.63) is 29.8 Å². The molecule has 1 aromatic rings. The van der Waals surface area contributed by atoms with Crippen LogP contribution in [0.5, 0.6) is 5.75 Å². The Bertz CT molecular complexity index is 421. The molecular formula is C18H29NO2. The number of ether oxygens (including phenoxy) is 2. The monoisotopic (exact) mass is 291 g/mol. The van der Waals surface area contributed by atoms with Gasteiger partial charge in [0.05, 0.1) is 6.61 Å². The summed E-state index contributed by atoms with van der Waals surface area (Å²) < 4.78 is 11.1. The highest BCUT2D eigenvalue weighted by molar-refractivity contribution is 5.37. The smallest absolute Gasteiger partial charge is 0.122 e. The lowest BCUT2D eigenvalue weighted by atomic mass is 9.85. The van der Waals surface area contributed by atoms with E-state index in [1.807, 2.05) is 0 Å². The van der Waals surface area contributed by atoms with E-state index in [0.29, 0.717) is 17.9 Å². The molecule has 1 aliphatic heterocycles. The van der Waals surface area contributed by atoms with Crippen molar-refractivity contribution in [2.45, 2.75) is 45.1 Å². The van der Waals surface area contributed by atoms with Crippen LogP contribution in [0.2, 0.25) is 0 Å². The van der Waals surface area contributed by atoms with Gasteiger partial charge in [-0.05, 0) is 49.3 Å². The van der Waals surface area contributed by atoms with Crippen molar-refractivity contribution in [3.63, 3.8) is 0 Å². The molecule has 0 fully saturated rings. The lowest BCUT2D eigenvalue weighted by Crippen LogP contribution is -2.34. The van der Waals surface area contributed by atoms with Gasteiger partial charge in [-0.2, -0.15) is 0 Å². The van der Waals surface area contributed by atoms with Crippen LogP contribution in [0, 0.1) is 5.92 Å². The molecule has 0 aromatic heterocycles. The largest absolute Gasteiger partial charge is 0.493 e. The van der Waals surface area contributed by atoms with E-state index in [1.54, 1.807) is 7.11 Å². The molecule has 0 radical (unpaired) electrons. The zero-order valence-corrected chi connectivity index (χ0v) is 13.6. The number of methoxy groups -OCH3 is 1. The van der Waals surface area contributed by atoms with Gasteiger partial charge >= 0.3 is 0 Å². The van der Waals surface area contributed by atoms with Crippen LogP contribution < -0.4 is 10.1 Å². The number of hydrogen-bond acceptors (Lipinski definition) is 3. The summed E-state index contributed by atoms with van der Waals surface area (Å²) in [5.74, 6) is 2.27. The van der Waals surface area contributed by atoms with Gasteiger partial charge in [0.25, 0.3) is 0 Å². The molecule has 1 aromatic carbocycles. The van der Waals surface area contributed by atoms with Crippen LogP contribution in [0.15, 0.2) is 24.3 Å². The number of hydrogen-bond donors (Lipinski definition) is 1. The van der Waals surface area contributed by atoms with Gasteiger partial charge in [0, 0.05) is 19.8 Å². The highest BCUT2D eigenvalue weighted by atomic mass is 16.5. The topological polar surface area (TPSA) is 30.5 Å². The summed E-state index contributed by atoms with van der Waals surface area (Å²) in [7, 11) is 1.79. The summed E-state index contributed by atoms with van der Waals surface area (Å²) in [5, 5.41) is 3.65. The summed E-state index contributed by atoms with van der Waals surface area (Å²) in [6.07, 6.45) is 3.47. The van der Waals surface area contributed by atoms with Gasteiger partial charge in [0.15, 0.2) is 0 Å². The standard InChI is InChI=1S/C18H29NO2/c1-4-19-16(11-14(2)13-20-3)12-15-9-10-21-18-8-6-5-7-17(15)18/h5-8,14-16,19H,4,9-13H2,1-3H3. The fourth-order valence-electron chi connectivity index (χ4n) is 3.39. The van der Waals surface area contributed by atoms with Gasteiger partial charge in [-0.25, -0.2) is 0 Å². The summed E-state index contributed by atoms with van der Waals surface area (Å²) in [5.41, 5.74) is 1.38. The molecule has 3 heteroatoms. The minimum absolute atomic E-state index is 0.552. The van der Waals surface area contributed by atoms with E-state index in [4.69, 9.17) is 9.47 Å². The van der Waals surface area contributed by atoms with E-state index in [1.165, 1.54) is 18.4 Å². The van der Waals surface area contributed by atoms with E-state index in [0.717, 1.165) is 31.9 Å². The molecule has 0 amide bonds. The molecular weight excluding hydrogens is 262 g/mol. The summed E-state index contributed by atoms with van der Waals surface area (Å²) in [6.45, 7) is 7.16. The first-order valence-corrected chi connectivity index (χ1v) is 8.18. The van der Waals surface area contributed by atoms with E-state index >= 15 is 0 Å². The highest BCUT2D eigenvalue weighted by Gasteiger charge is 2.24. The summed E-state index contributed by atoms with van der Waals surface area (Å²) in [4.78, 5) is 0. The average Bonchev–Trinajstić information content (AvgIpc) is 2.48. The minimum Gasteiger partial charge on any atom is -0.493 e. The molecule has 0 saturated heterocycles. The van der Waals surface area contributed by atoms with Crippen LogP contribution in [-0.2, 0) is 4.74 Å². The molecule has 0 bridgehead atoms. The van der Waals surface area contributed by atoms with Crippen LogP contribution in [0.3, 0.4) is 0 Å². The normalized spacial score (nSPS) is 20.4. The van der Waals surface area contributed by atoms with E-state index in [-0.39, 0.29) is 0 Å². The number of rotatable bonds is 8. The Morgan fingerprint density at radius 2 is 2.19 bits per heavy atom. The van der Waals surface area contributed by atoms with E-state index in [9.17, 15) is 0 Å². The van der Waals surface area contributed by atoms with Crippen molar-refractivity contribution in [1.29, 1.82) is 0 Å². The maximum atomic E-state index is 5.77. The molecule has 3 nitrogen and oxygen atoms in total. The molecule has 21 heavy (non-hydrogen) atoms. The fourth-order valence-corrected chi connectivity index (χ4v) is 3.39. The predicted molar refractivity (Wildman–Crippen MR) is 87.0 cm³/mol. The first kappa shape index (κ1) is 16.3. The van der Waals surface area contributed by atoms with Crippen LogP contribution in [-0.4, -0.2) is 32.9 Å². The Balaban J connectivity index is 2.00. The van der Waals surface area contributed by atoms with Gasteiger partial charge in [-0.1, -0.05) is 32.0 Å². The van der Waals surface area contributed by atoms with Crippen molar-refractivity contribution < 1.29 is 9.47 Å². The third-order valence-corrected chi connectivity index (χ3v) is 4.28. The Hall–Kier alpha value is -1.06. The highest BCUT2D eigenvalue weighted by Crippen LogP contribution is 2.36. The first-order valence-electron chi connectivity index (χ1n) is 8.18. The average molecular weight is 291 g/mol. The summed E-state index contributed by atoms with van der Waals surface area (Å²) >= 11 is 0. The zero-order chi connectivity index (χ0) is 15.1. The lowest BCUT2D eigenvalue weighted by Gasteiger charge is -2.30.